The molecular weight excluding hydrogens is 323 g/mol. The van der Waals surface area contributed by atoms with Gasteiger partial charge in [-0.2, -0.15) is 13.2 Å². The Kier molecular flexibility index (Phi) is 5.62. The van der Waals surface area contributed by atoms with Crippen molar-refractivity contribution >= 4 is 5.91 Å². The van der Waals surface area contributed by atoms with Crippen molar-refractivity contribution in [2.75, 3.05) is 6.61 Å². The average Bonchev–Trinajstić information content (AvgIpc) is 2.98. The van der Waals surface area contributed by atoms with Crippen molar-refractivity contribution in [3.63, 3.8) is 0 Å². The molecule has 0 aliphatic heterocycles. The third-order valence-electron chi connectivity index (χ3n) is 2.97. The third kappa shape index (κ3) is 5.45. The molecule has 0 atom stereocenters. The second kappa shape index (κ2) is 7.67. The molecule has 5 nitrogen and oxygen atoms in total. The van der Waals surface area contributed by atoms with Crippen LogP contribution in [0.1, 0.15) is 16.1 Å². The van der Waals surface area contributed by atoms with E-state index in [1.165, 1.54) is 0 Å². The Bertz CT molecular complexity index is 693. The maximum Gasteiger partial charge on any atom is 0.406 e. The standard InChI is InChI=1S/C16H16F3N3O2/c1-2-7-24-13-5-3-12(4-6-13)8-20-15(23)14-9-22(11-21-14)10-16(17,18)19/h2-6,9,11H,1,7-8,10H2,(H,20,23). The first-order valence-electron chi connectivity index (χ1n) is 7.07. The zero-order valence-electron chi connectivity index (χ0n) is 12.7. The van der Waals surface area contributed by atoms with E-state index in [1.807, 2.05) is 0 Å². The van der Waals surface area contributed by atoms with Crippen LogP contribution >= 0.6 is 0 Å². The van der Waals surface area contributed by atoms with Crippen molar-refractivity contribution in [3.8, 4) is 5.75 Å². The number of hydrogen-bond donors (Lipinski definition) is 1. The van der Waals surface area contributed by atoms with Gasteiger partial charge in [-0.15, -0.1) is 0 Å². The minimum absolute atomic E-state index is 0.0646. The number of rotatable bonds is 7. The number of nitrogens with one attached hydrogen (secondary N) is 1. The largest absolute Gasteiger partial charge is 0.490 e. The number of carbonyl (C=O) groups is 1. The monoisotopic (exact) mass is 339 g/mol. The number of aromatic nitrogens is 2. The van der Waals surface area contributed by atoms with E-state index >= 15 is 0 Å². The van der Waals surface area contributed by atoms with Crippen molar-refractivity contribution < 1.29 is 22.7 Å². The fourth-order valence-corrected chi connectivity index (χ4v) is 1.90. The molecule has 0 radical (unpaired) electrons. The summed E-state index contributed by atoms with van der Waals surface area (Å²) in [4.78, 5) is 15.6. The molecule has 0 spiro atoms. The van der Waals surface area contributed by atoms with E-state index in [2.05, 4.69) is 16.9 Å². The lowest BCUT2D eigenvalue weighted by atomic mass is 10.2. The van der Waals surface area contributed by atoms with Crippen LogP contribution in [-0.4, -0.2) is 28.2 Å². The maximum absolute atomic E-state index is 12.3. The number of carbonyl (C=O) groups excluding carboxylic acids is 1. The molecule has 1 heterocycles. The Labute approximate surface area is 136 Å². The van der Waals surface area contributed by atoms with E-state index in [0.717, 1.165) is 22.7 Å². The van der Waals surface area contributed by atoms with Gasteiger partial charge in [-0.3, -0.25) is 4.79 Å². The Morgan fingerprint density at radius 2 is 2.04 bits per heavy atom. The summed E-state index contributed by atoms with van der Waals surface area (Å²) in [5.74, 6) is 0.138. The van der Waals surface area contributed by atoms with E-state index in [0.29, 0.717) is 12.4 Å². The predicted octanol–water partition coefficient (Wildman–Crippen LogP) is 2.94. The molecule has 0 fully saturated rings. The normalized spacial score (nSPS) is 11.1. The number of imidazole rings is 1. The summed E-state index contributed by atoms with van der Waals surface area (Å²) in [6.45, 7) is 3.00. The smallest absolute Gasteiger partial charge is 0.406 e. The van der Waals surface area contributed by atoms with Gasteiger partial charge in [0.25, 0.3) is 5.91 Å². The molecule has 0 aliphatic rings. The van der Waals surface area contributed by atoms with Gasteiger partial charge >= 0.3 is 6.18 Å². The molecule has 1 N–H and O–H groups in total. The molecule has 1 aromatic heterocycles. The van der Waals surface area contributed by atoms with Crippen LogP contribution in [0, 0.1) is 0 Å². The quantitative estimate of drug-likeness (QED) is 0.789. The van der Waals surface area contributed by atoms with E-state index in [1.54, 1.807) is 30.3 Å². The zero-order valence-corrected chi connectivity index (χ0v) is 12.7. The first-order valence-corrected chi connectivity index (χ1v) is 7.07. The molecule has 2 aromatic rings. The molecule has 8 heteroatoms. The molecule has 0 saturated heterocycles. The number of hydrogen-bond acceptors (Lipinski definition) is 3. The van der Waals surface area contributed by atoms with E-state index in [9.17, 15) is 18.0 Å². The molecule has 128 valence electrons. The van der Waals surface area contributed by atoms with Gasteiger partial charge in [0.1, 0.15) is 24.6 Å². The van der Waals surface area contributed by atoms with E-state index < -0.39 is 18.6 Å². The molecule has 0 saturated carbocycles. The number of alkyl halides is 3. The lowest BCUT2D eigenvalue weighted by molar-refractivity contribution is -0.140. The van der Waals surface area contributed by atoms with Gasteiger partial charge in [-0.05, 0) is 17.7 Å². The van der Waals surface area contributed by atoms with Gasteiger partial charge < -0.3 is 14.6 Å². The number of ether oxygens (including phenoxy) is 1. The summed E-state index contributed by atoms with van der Waals surface area (Å²) in [6.07, 6.45) is -0.681. The van der Waals surface area contributed by atoms with Gasteiger partial charge in [-0.25, -0.2) is 4.98 Å². The molecule has 2 rings (SSSR count). The van der Waals surface area contributed by atoms with Crippen molar-refractivity contribution in [2.45, 2.75) is 19.3 Å². The molecule has 0 bridgehead atoms. The maximum atomic E-state index is 12.3. The summed E-state index contributed by atoms with van der Waals surface area (Å²) >= 11 is 0. The van der Waals surface area contributed by atoms with Gasteiger partial charge in [0.2, 0.25) is 0 Å². The Morgan fingerprint density at radius 1 is 1.33 bits per heavy atom. The second-order valence-corrected chi connectivity index (χ2v) is 4.97. The lowest BCUT2D eigenvalue weighted by Crippen LogP contribution is -2.23. The van der Waals surface area contributed by atoms with Gasteiger partial charge in [-0.1, -0.05) is 24.8 Å². The zero-order chi connectivity index (χ0) is 17.6. The molecule has 0 unspecified atom stereocenters. The van der Waals surface area contributed by atoms with Gasteiger partial charge in [0.05, 0.1) is 6.33 Å². The van der Waals surface area contributed by atoms with Crippen LogP contribution in [0.3, 0.4) is 0 Å². The van der Waals surface area contributed by atoms with Crippen LogP contribution in [-0.2, 0) is 13.1 Å². The minimum Gasteiger partial charge on any atom is -0.490 e. The number of halogens is 3. The van der Waals surface area contributed by atoms with Crippen molar-refractivity contribution in [1.82, 2.24) is 14.9 Å². The van der Waals surface area contributed by atoms with Crippen molar-refractivity contribution in [3.05, 3.63) is 60.7 Å². The highest BCUT2D eigenvalue weighted by molar-refractivity contribution is 5.91. The van der Waals surface area contributed by atoms with Crippen LogP contribution in [0.25, 0.3) is 0 Å². The van der Waals surface area contributed by atoms with Crippen molar-refractivity contribution in [1.29, 1.82) is 0 Å². The number of benzene rings is 1. The summed E-state index contributed by atoms with van der Waals surface area (Å²) in [7, 11) is 0. The van der Waals surface area contributed by atoms with Crippen LogP contribution in [0.5, 0.6) is 5.75 Å². The van der Waals surface area contributed by atoms with Crippen LogP contribution < -0.4 is 10.1 Å². The topological polar surface area (TPSA) is 56.1 Å². The molecule has 24 heavy (non-hydrogen) atoms. The van der Waals surface area contributed by atoms with E-state index in [4.69, 9.17) is 4.74 Å². The molecule has 0 aliphatic carbocycles. The fraction of sp³-hybridized carbons (Fsp3) is 0.250. The summed E-state index contributed by atoms with van der Waals surface area (Å²) in [5.41, 5.74) is 0.759. The SMILES string of the molecule is C=CCOc1ccc(CNC(=O)c2cn(CC(F)(F)F)cn2)cc1. The Morgan fingerprint density at radius 3 is 2.67 bits per heavy atom. The van der Waals surface area contributed by atoms with Crippen LogP contribution in [0.2, 0.25) is 0 Å². The highest BCUT2D eigenvalue weighted by Crippen LogP contribution is 2.17. The van der Waals surface area contributed by atoms with E-state index in [-0.39, 0.29) is 12.2 Å². The minimum atomic E-state index is -4.36. The second-order valence-electron chi connectivity index (χ2n) is 4.97. The summed E-state index contributed by atoms with van der Waals surface area (Å²) in [5, 5.41) is 2.60. The summed E-state index contributed by atoms with van der Waals surface area (Å²) in [6, 6.07) is 7.06. The Hall–Kier alpha value is -2.77. The molecular formula is C16H16F3N3O2. The van der Waals surface area contributed by atoms with Gasteiger partial charge in [0.15, 0.2) is 0 Å². The third-order valence-corrected chi connectivity index (χ3v) is 2.97. The summed E-state index contributed by atoms with van der Waals surface area (Å²) < 4.78 is 43.0. The molecule has 1 aromatic carbocycles. The highest BCUT2D eigenvalue weighted by Gasteiger charge is 2.28. The number of nitrogens with zero attached hydrogens (tertiary/aromatic N) is 2. The first kappa shape index (κ1) is 17.6. The molecule has 1 amide bonds. The average molecular weight is 339 g/mol. The highest BCUT2D eigenvalue weighted by atomic mass is 19.4. The van der Waals surface area contributed by atoms with Crippen molar-refractivity contribution in [2.24, 2.45) is 0 Å². The fourth-order valence-electron chi connectivity index (χ4n) is 1.90. The Balaban J connectivity index is 1.87. The van der Waals surface area contributed by atoms with Crippen LogP contribution in [0.4, 0.5) is 13.2 Å². The predicted molar refractivity (Wildman–Crippen MR) is 81.6 cm³/mol. The van der Waals surface area contributed by atoms with Gasteiger partial charge in [0, 0.05) is 12.7 Å². The first-order chi connectivity index (χ1) is 11.4. The number of amides is 1. The lowest BCUT2D eigenvalue weighted by Gasteiger charge is -2.07. The van der Waals surface area contributed by atoms with Crippen LogP contribution in [0.15, 0.2) is 49.4 Å².